The van der Waals surface area contributed by atoms with E-state index in [0.29, 0.717) is 4.90 Å². The van der Waals surface area contributed by atoms with Crippen LogP contribution in [0.2, 0.25) is 0 Å². The summed E-state index contributed by atoms with van der Waals surface area (Å²) in [5, 5.41) is 19.7. The van der Waals surface area contributed by atoms with Crippen molar-refractivity contribution in [3.8, 4) is 0 Å². The molecule has 0 unspecified atom stereocenters. The van der Waals surface area contributed by atoms with Gasteiger partial charge in [0, 0.05) is 11.0 Å². The van der Waals surface area contributed by atoms with Crippen LogP contribution in [0.3, 0.4) is 0 Å². The molecule has 20 heavy (non-hydrogen) atoms. The summed E-state index contributed by atoms with van der Waals surface area (Å²) < 4.78 is 0.855. The van der Waals surface area contributed by atoms with Crippen molar-refractivity contribution in [1.29, 1.82) is 0 Å². The fourth-order valence-electron chi connectivity index (χ4n) is 1.32. The summed E-state index contributed by atoms with van der Waals surface area (Å²) in [6, 6.07) is 4.17. The Labute approximate surface area is 125 Å². The summed E-state index contributed by atoms with van der Waals surface area (Å²) in [5.74, 6) is -0.372. The molecule has 0 fully saturated rings. The normalized spacial score (nSPS) is 11.3. The molecule has 6 nitrogen and oxygen atoms in total. The van der Waals surface area contributed by atoms with Crippen LogP contribution in [0.1, 0.15) is 10.4 Å². The van der Waals surface area contributed by atoms with Gasteiger partial charge in [-0.1, -0.05) is 21.6 Å². The molecule has 0 saturated heterocycles. The van der Waals surface area contributed by atoms with E-state index in [1.807, 2.05) is 0 Å². The molecule has 0 bridgehead atoms. The van der Waals surface area contributed by atoms with Crippen LogP contribution in [0.15, 0.2) is 23.1 Å². The summed E-state index contributed by atoms with van der Waals surface area (Å²) in [7, 11) is 9.33. The number of quaternary nitrogens is 1. The van der Waals surface area contributed by atoms with E-state index in [-0.39, 0.29) is 11.3 Å². The molecule has 0 heterocycles. The maximum Gasteiger partial charge on any atom is 0.342 e. The van der Waals surface area contributed by atoms with Crippen LogP contribution in [-0.2, 0) is 0 Å². The van der Waals surface area contributed by atoms with Gasteiger partial charge in [0.05, 0.1) is 38.4 Å². The lowest BCUT2D eigenvalue weighted by Crippen LogP contribution is -2.36. The van der Waals surface area contributed by atoms with Crippen LogP contribution < -0.4 is 0 Å². The van der Waals surface area contributed by atoms with Crippen molar-refractivity contribution in [2.24, 2.45) is 0 Å². The van der Waals surface area contributed by atoms with E-state index in [1.54, 1.807) is 16.9 Å². The zero-order valence-electron chi connectivity index (χ0n) is 11.5. The first-order chi connectivity index (χ1) is 9.20. The summed E-state index contributed by atoms with van der Waals surface area (Å²) in [4.78, 5) is 21.8. The molecule has 1 N–H and O–H groups in total. The minimum atomic E-state index is -1.28. The van der Waals surface area contributed by atoms with Gasteiger partial charge >= 0.3 is 5.97 Å². The molecule has 0 atom stereocenters. The molecule has 0 spiro atoms. The predicted molar refractivity (Wildman–Crippen MR) is 81.3 cm³/mol. The number of nitro benzene ring substituents is 1. The highest BCUT2D eigenvalue weighted by Gasteiger charge is 2.20. The molecule has 0 aliphatic carbocycles. The van der Waals surface area contributed by atoms with Crippen molar-refractivity contribution in [1.82, 2.24) is 0 Å². The van der Waals surface area contributed by atoms with E-state index in [1.165, 1.54) is 22.9 Å². The van der Waals surface area contributed by atoms with Gasteiger partial charge in [0.2, 0.25) is 0 Å². The number of hydrogen-bond acceptors (Lipinski definition) is 5. The van der Waals surface area contributed by atoms with Crippen molar-refractivity contribution in [2.45, 2.75) is 4.90 Å². The van der Waals surface area contributed by atoms with Crippen molar-refractivity contribution in [3.63, 3.8) is 0 Å². The highest BCUT2D eigenvalue weighted by molar-refractivity contribution is 8.76. The minimum Gasteiger partial charge on any atom is -0.477 e. The van der Waals surface area contributed by atoms with Gasteiger partial charge in [-0.05, 0) is 12.1 Å². The van der Waals surface area contributed by atoms with Crippen molar-refractivity contribution in [2.75, 3.05) is 33.4 Å². The molecule has 0 aromatic heterocycles. The molecule has 0 aliphatic heterocycles. The average molecular weight is 317 g/mol. The lowest BCUT2D eigenvalue weighted by molar-refractivity contribution is -0.867. The monoisotopic (exact) mass is 317 g/mol. The third kappa shape index (κ3) is 5.40. The zero-order chi connectivity index (χ0) is 15.3. The Kier molecular flexibility index (Phi) is 5.85. The van der Waals surface area contributed by atoms with Gasteiger partial charge in [-0.3, -0.25) is 10.1 Å². The molecule has 1 rings (SSSR count). The van der Waals surface area contributed by atoms with Gasteiger partial charge in [0.25, 0.3) is 5.69 Å². The lowest BCUT2D eigenvalue weighted by Gasteiger charge is -2.23. The van der Waals surface area contributed by atoms with E-state index in [2.05, 4.69) is 21.1 Å². The van der Waals surface area contributed by atoms with Crippen LogP contribution >= 0.6 is 21.6 Å². The maximum absolute atomic E-state index is 11.0. The van der Waals surface area contributed by atoms with Gasteiger partial charge in [-0.2, -0.15) is 0 Å². The number of benzene rings is 1. The van der Waals surface area contributed by atoms with Crippen LogP contribution in [0.25, 0.3) is 0 Å². The predicted octanol–water partition coefficient (Wildman–Crippen LogP) is 2.74. The Morgan fingerprint density at radius 2 is 2.05 bits per heavy atom. The first kappa shape index (κ1) is 16.8. The average Bonchev–Trinajstić information content (AvgIpc) is 2.33. The standard InChI is InChI=1S/C12H16N2O4S2/c1-14(2,3)6-7-19-20-9-4-5-11(13(17)18)10(8-9)12(15)16/h4-5,8H,6-7H2,1-3H3/p+1. The molecule has 1 aromatic rings. The third-order valence-corrected chi connectivity index (χ3v) is 4.74. The number of nitrogens with zero attached hydrogens (tertiary/aromatic N) is 2. The van der Waals surface area contributed by atoms with Crippen molar-refractivity contribution >= 4 is 33.2 Å². The number of nitro groups is 1. The van der Waals surface area contributed by atoms with Crippen molar-refractivity contribution in [3.05, 3.63) is 33.9 Å². The third-order valence-electron chi connectivity index (χ3n) is 2.40. The van der Waals surface area contributed by atoms with E-state index in [0.717, 1.165) is 16.8 Å². The van der Waals surface area contributed by atoms with E-state index in [9.17, 15) is 14.9 Å². The number of carboxylic acid groups (broad SMARTS) is 1. The quantitative estimate of drug-likeness (QED) is 0.274. The van der Waals surface area contributed by atoms with Crippen LogP contribution in [0.5, 0.6) is 0 Å². The van der Waals surface area contributed by atoms with Gasteiger partial charge < -0.3 is 9.59 Å². The Morgan fingerprint density at radius 3 is 2.55 bits per heavy atom. The Balaban J connectivity index is 2.71. The summed E-state index contributed by atoms with van der Waals surface area (Å²) in [6.07, 6.45) is 0. The zero-order valence-corrected chi connectivity index (χ0v) is 13.2. The number of rotatable bonds is 7. The smallest absolute Gasteiger partial charge is 0.342 e. The van der Waals surface area contributed by atoms with Crippen molar-refractivity contribution < 1.29 is 19.3 Å². The number of aromatic carboxylic acids is 1. The molecule has 110 valence electrons. The van der Waals surface area contributed by atoms with Gasteiger partial charge in [0.1, 0.15) is 5.56 Å². The second-order valence-electron chi connectivity index (χ2n) is 5.16. The van der Waals surface area contributed by atoms with E-state index < -0.39 is 10.9 Å². The SMILES string of the molecule is C[N+](C)(C)CCSSc1ccc([N+](=O)[O-])c(C(=O)O)c1. The molecule has 0 radical (unpaired) electrons. The number of carbonyl (C=O) groups is 1. The second kappa shape index (κ2) is 6.96. The van der Waals surface area contributed by atoms with Crippen LogP contribution in [-0.4, -0.2) is 53.9 Å². The number of hydrogen-bond donors (Lipinski definition) is 1. The highest BCUT2D eigenvalue weighted by atomic mass is 33.1. The van der Waals surface area contributed by atoms with Crippen LogP contribution in [0.4, 0.5) is 5.69 Å². The number of carboxylic acids is 1. The summed E-state index contributed by atoms with van der Waals surface area (Å²) in [5.41, 5.74) is -0.648. The lowest BCUT2D eigenvalue weighted by atomic mass is 10.2. The maximum atomic E-state index is 11.0. The molecular formula is C12H17N2O4S2+. The van der Waals surface area contributed by atoms with E-state index >= 15 is 0 Å². The fourth-order valence-corrected chi connectivity index (χ4v) is 3.64. The fraction of sp³-hybridized carbons (Fsp3) is 0.417. The first-order valence-electron chi connectivity index (χ1n) is 5.82. The molecule has 0 amide bonds. The topological polar surface area (TPSA) is 80.4 Å². The second-order valence-corrected chi connectivity index (χ2v) is 7.65. The molecule has 0 saturated carbocycles. The van der Waals surface area contributed by atoms with Crippen LogP contribution in [0, 0.1) is 10.1 Å². The summed E-state index contributed by atoms with van der Waals surface area (Å²) >= 11 is 0. The minimum absolute atomic E-state index is 0.271. The van der Waals surface area contributed by atoms with Gasteiger partial charge in [-0.15, -0.1) is 0 Å². The first-order valence-corrected chi connectivity index (χ1v) is 8.14. The van der Waals surface area contributed by atoms with Gasteiger partial charge in [0.15, 0.2) is 0 Å². The van der Waals surface area contributed by atoms with E-state index in [4.69, 9.17) is 5.11 Å². The largest absolute Gasteiger partial charge is 0.477 e. The molecule has 0 aliphatic rings. The highest BCUT2D eigenvalue weighted by Crippen LogP contribution is 2.33. The Hall–Kier alpha value is -1.25. The van der Waals surface area contributed by atoms with Gasteiger partial charge in [-0.25, -0.2) is 4.79 Å². The molecule has 1 aromatic carbocycles. The Morgan fingerprint density at radius 1 is 1.40 bits per heavy atom. The molecular weight excluding hydrogens is 300 g/mol. The molecule has 8 heteroatoms. The Bertz CT molecular complexity index is 515. The summed E-state index contributed by atoms with van der Waals surface area (Å²) in [6.45, 7) is 0.983.